The molecular formula is C12H16F3NO4SSi. The largest absolute Gasteiger partial charge is 0.534 e. The molecule has 124 valence electrons. The topological polar surface area (TPSA) is 72.5 Å². The van der Waals surface area contributed by atoms with Crippen molar-refractivity contribution in [3.8, 4) is 5.75 Å². The van der Waals surface area contributed by atoms with E-state index in [1.165, 1.54) is 19.1 Å². The third-order valence-electron chi connectivity index (χ3n) is 2.59. The van der Waals surface area contributed by atoms with Gasteiger partial charge < -0.3 is 9.50 Å². The van der Waals surface area contributed by atoms with Crippen LogP contribution in [0.2, 0.25) is 19.6 Å². The van der Waals surface area contributed by atoms with Crippen LogP contribution < -0.4 is 14.7 Å². The van der Waals surface area contributed by atoms with Gasteiger partial charge in [0.05, 0.1) is 8.07 Å². The lowest BCUT2D eigenvalue weighted by atomic mass is 10.3. The van der Waals surface area contributed by atoms with E-state index in [4.69, 9.17) is 0 Å². The number of benzene rings is 1. The molecule has 1 amide bonds. The maximum atomic E-state index is 12.4. The first-order valence-electron chi connectivity index (χ1n) is 6.17. The van der Waals surface area contributed by atoms with E-state index in [1.807, 2.05) is 19.6 Å². The number of anilines is 1. The highest BCUT2D eigenvalue weighted by Crippen LogP contribution is 2.28. The molecule has 1 N–H and O–H groups in total. The van der Waals surface area contributed by atoms with E-state index in [0.29, 0.717) is 10.9 Å². The third-order valence-corrected chi connectivity index (χ3v) is 5.56. The Labute approximate surface area is 127 Å². The summed E-state index contributed by atoms with van der Waals surface area (Å²) in [6.45, 7) is 6.72. The zero-order chi connectivity index (χ0) is 17.3. The summed E-state index contributed by atoms with van der Waals surface area (Å²) in [4.78, 5) is 11.0. The number of hydrogen-bond donors (Lipinski definition) is 1. The highest BCUT2D eigenvalue weighted by molar-refractivity contribution is 7.88. The Balaban J connectivity index is 3.34. The summed E-state index contributed by atoms with van der Waals surface area (Å²) in [5.41, 5.74) is -5.14. The molecule has 0 aliphatic carbocycles. The molecule has 0 saturated heterocycles. The molecule has 0 spiro atoms. The molecule has 5 nitrogen and oxygen atoms in total. The lowest BCUT2D eigenvalue weighted by Crippen LogP contribution is -2.40. The molecule has 0 atom stereocenters. The fourth-order valence-electron chi connectivity index (χ4n) is 1.64. The summed E-state index contributed by atoms with van der Waals surface area (Å²) in [5.74, 6) is -0.719. The summed E-state index contributed by atoms with van der Waals surface area (Å²) in [5, 5.41) is 2.85. The number of alkyl halides is 3. The van der Waals surface area contributed by atoms with Crippen molar-refractivity contribution >= 4 is 35.0 Å². The quantitative estimate of drug-likeness (QED) is 0.511. The van der Waals surface area contributed by atoms with E-state index in [2.05, 4.69) is 9.50 Å². The number of hydrogen-bond acceptors (Lipinski definition) is 4. The summed E-state index contributed by atoms with van der Waals surface area (Å²) in [6, 6.07) is 3.84. The Morgan fingerprint density at radius 1 is 1.23 bits per heavy atom. The lowest BCUT2D eigenvalue weighted by molar-refractivity contribution is -0.114. The van der Waals surface area contributed by atoms with Crippen LogP contribution in [0, 0.1) is 0 Å². The average molecular weight is 355 g/mol. The second-order valence-electron chi connectivity index (χ2n) is 5.63. The molecule has 0 radical (unpaired) electrons. The molecule has 0 saturated carbocycles. The van der Waals surface area contributed by atoms with Gasteiger partial charge in [-0.1, -0.05) is 19.6 Å². The van der Waals surface area contributed by atoms with Crippen LogP contribution in [-0.2, 0) is 14.9 Å². The zero-order valence-corrected chi connectivity index (χ0v) is 14.2. The van der Waals surface area contributed by atoms with Crippen molar-refractivity contribution in [1.29, 1.82) is 0 Å². The molecule has 0 aromatic heterocycles. The number of nitrogens with one attached hydrogen (secondary N) is 1. The SMILES string of the molecule is CC(=O)Nc1ccc(OS(=O)(=O)C(F)(F)F)c([Si](C)(C)C)c1. The van der Waals surface area contributed by atoms with Gasteiger partial charge in [0.15, 0.2) is 0 Å². The van der Waals surface area contributed by atoms with Crippen LogP contribution in [0.5, 0.6) is 5.75 Å². The van der Waals surface area contributed by atoms with Crippen molar-refractivity contribution in [3.05, 3.63) is 18.2 Å². The van der Waals surface area contributed by atoms with Gasteiger partial charge in [-0.2, -0.15) is 21.6 Å². The van der Waals surface area contributed by atoms with E-state index in [9.17, 15) is 26.4 Å². The van der Waals surface area contributed by atoms with Gasteiger partial charge in [0.25, 0.3) is 0 Å². The zero-order valence-electron chi connectivity index (χ0n) is 12.4. The molecule has 1 rings (SSSR count). The Kier molecular flexibility index (Phi) is 4.97. The Morgan fingerprint density at radius 3 is 2.18 bits per heavy atom. The first-order chi connectivity index (χ1) is 9.74. The minimum atomic E-state index is -5.73. The normalized spacial score (nSPS) is 12.9. The van der Waals surface area contributed by atoms with Crippen molar-refractivity contribution in [2.24, 2.45) is 0 Å². The highest BCUT2D eigenvalue weighted by Gasteiger charge is 2.49. The van der Waals surface area contributed by atoms with Crippen LogP contribution in [0.4, 0.5) is 18.9 Å². The van der Waals surface area contributed by atoms with Gasteiger partial charge in [0.2, 0.25) is 5.91 Å². The summed E-state index contributed by atoms with van der Waals surface area (Å²) in [6.07, 6.45) is 0. The summed E-state index contributed by atoms with van der Waals surface area (Å²) in [7, 11) is -7.96. The van der Waals surface area contributed by atoms with E-state index < -0.39 is 23.7 Å². The number of halogens is 3. The van der Waals surface area contributed by atoms with Gasteiger partial charge in [-0.05, 0) is 23.4 Å². The molecule has 0 aliphatic rings. The van der Waals surface area contributed by atoms with Crippen LogP contribution in [-0.4, -0.2) is 27.9 Å². The maximum Gasteiger partial charge on any atom is 0.534 e. The van der Waals surface area contributed by atoms with Crippen molar-refractivity contribution in [3.63, 3.8) is 0 Å². The minimum Gasteiger partial charge on any atom is -0.376 e. The molecular weight excluding hydrogens is 339 g/mol. The monoisotopic (exact) mass is 355 g/mol. The van der Waals surface area contributed by atoms with Crippen LogP contribution in [0.3, 0.4) is 0 Å². The van der Waals surface area contributed by atoms with E-state index in [1.54, 1.807) is 0 Å². The fourth-order valence-corrected chi connectivity index (χ4v) is 3.65. The maximum absolute atomic E-state index is 12.4. The predicted molar refractivity (Wildman–Crippen MR) is 79.3 cm³/mol. The molecule has 1 aromatic carbocycles. The second-order valence-corrected chi connectivity index (χ2v) is 12.2. The number of carbonyl (C=O) groups is 1. The highest BCUT2D eigenvalue weighted by atomic mass is 32.2. The standard InChI is InChI=1S/C12H16F3NO4SSi/c1-8(17)16-9-5-6-10(11(7-9)22(2,3)4)20-21(18,19)12(13,14)15/h5-7H,1-4H3,(H,16,17). The van der Waals surface area contributed by atoms with Gasteiger partial charge in [-0.25, -0.2) is 0 Å². The lowest BCUT2D eigenvalue weighted by Gasteiger charge is -2.22. The fraction of sp³-hybridized carbons (Fsp3) is 0.417. The average Bonchev–Trinajstić information content (AvgIpc) is 2.27. The number of amides is 1. The van der Waals surface area contributed by atoms with Crippen molar-refractivity contribution in [2.45, 2.75) is 32.1 Å². The van der Waals surface area contributed by atoms with Gasteiger partial charge in [-0.15, -0.1) is 0 Å². The number of rotatable bonds is 4. The Bertz CT molecular complexity index is 681. The van der Waals surface area contributed by atoms with Crippen molar-refractivity contribution < 1.29 is 30.6 Å². The van der Waals surface area contributed by atoms with Gasteiger partial charge in [0, 0.05) is 12.6 Å². The molecule has 1 aromatic rings. The first-order valence-corrected chi connectivity index (χ1v) is 11.1. The molecule has 0 unspecified atom stereocenters. The summed E-state index contributed by atoms with van der Waals surface area (Å²) >= 11 is 0. The van der Waals surface area contributed by atoms with Gasteiger partial charge in [0.1, 0.15) is 5.75 Å². The Morgan fingerprint density at radius 2 is 1.77 bits per heavy atom. The van der Waals surface area contributed by atoms with Crippen molar-refractivity contribution in [1.82, 2.24) is 0 Å². The molecule has 0 heterocycles. The minimum absolute atomic E-state index is 0.349. The van der Waals surface area contributed by atoms with E-state index in [-0.39, 0.29) is 11.7 Å². The van der Waals surface area contributed by atoms with Crippen LogP contribution >= 0.6 is 0 Å². The molecule has 0 aliphatic heterocycles. The van der Waals surface area contributed by atoms with Gasteiger partial charge in [-0.3, -0.25) is 4.79 Å². The number of carbonyl (C=O) groups excluding carboxylic acids is 1. The smallest absolute Gasteiger partial charge is 0.376 e. The van der Waals surface area contributed by atoms with Crippen molar-refractivity contribution in [2.75, 3.05) is 5.32 Å². The molecule has 0 bridgehead atoms. The predicted octanol–water partition coefficient (Wildman–Crippen LogP) is 2.42. The van der Waals surface area contributed by atoms with Crippen LogP contribution in [0.15, 0.2) is 18.2 Å². The van der Waals surface area contributed by atoms with Crippen LogP contribution in [0.25, 0.3) is 0 Å². The second kappa shape index (κ2) is 5.92. The molecule has 10 heteroatoms. The van der Waals surface area contributed by atoms with E-state index >= 15 is 0 Å². The Hall–Kier alpha value is -1.55. The third kappa shape index (κ3) is 4.47. The first kappa shape index (κ1) is 18.5. The van der Waals surface area contributed by atoms with Gasteiger partial charge >= 0.3 is 15.6 Å². The molecule has 22 heavy (non-hydrogen) atoms. The molecule has 0 fully saturated rings. The summed E-state index contributed by atoms with van der Waals surface area (Å²) < 4.78 is 63.9. The van der Waals surface area contributed by atoms with E-state index in [0.717, 1.165) is 6.07 Å². The van der Waals surface area contributed by atoms with Crippen LogP contribution in [0.1, 0.15) is 6.92 Å².